The number of hydrogen-bond acceptors (Lipinski definition) is 5. The van der Waals surface area contributed by atoms with Crippen LogP contribution in [0.2, 0.25) is 0 Å². The van der Waals surface area contributed by atoms with E-state index in [1.54, 1.807) is 17.9 Å². The van der Waals surface area contributed by atoms with Crippen LogP contribution in [0.15, 0.2) is 54.8 Å². The van der Waals surface area contributed by atoms with Crippen LogP contribution in [0, 0.1) is 0 Å². The number of aromatic nitrogens is 6. The van der Waals surface area contributed by atoms with Gasteiger partial charge in [0.05, 0.1) is 11.1 Å². The molecule has 1 aliphatic carbocycles. The second-order valence-electron chi connectivity index (χ2n) is 6.14. The van der Waals surface area contributed by atoms with Crippen LogP contribution >= 0.6 is 0 Å². The van der Waals surface area contributed by atoms with E-state index in [0.29, 0.717) is 17.8 Å². The van der Waals surface area contributed by atoms with Gasteiger partial charge < -0.3 is 5.11 Å². The molecule has 2 heterocycles. The average Bonchev–Trinajstić information content (AvgIpc) is 3.32. The third kappa shape index (κ3) is 2.52. The molecule has 1 atom stereocenters. The van der Waals surface area contributed by atoms with Crippen molar-refractivity contribution in [2.75, 3.05) is 0 Å². The smallest absolute Gasteiger partial charge is 0.358 e. The highest BCUT2D eigenvalue weighted by molar-refractivity contribution is 5.87. The first kappa shape index (κ1) is 15.9. The van der Waals surface area contributed by atoms with Gasteiger partial charge >= 0.3 is 5.97 Å². The van der Waals surface area contributed by atoms with Crippen molar-refractivity contribution in [2.24, 2.45) is 7.05 Å². The van der Waals surface area contributed by atoms with Gasteiger partial charge in [-0.25, -0.2) is 4.79 Å². The van der Waals surface area contributed by atoms with Crippen LogP contribution in [-0.4, -0.2) is 41.5 Å². The normalized spacial score (nSPS) is 19.3. The molecule has 2 aromatic heterocycles. The summed E-state index contributed by atoms with van der Waals surface area (Å²) in [5.41, 5.74) is 2.14. The molecule has 26 heavy (non-hydrogen) atoms. The lowest BCUT2D eigenvalue weighted by Gasteiger charge is -2.28. The maximum absolute atomic E-state index is 11.6. The van der Waals surface area contributed by atoms with Crippen LogP contribution in [-0.2, 0) is 12.5 Å². The second-order valence-corrected chi connectivity index (χ2v) is 6.14. The summed E-state index contributed by atoms with van der Waals surface area (Å²) in [4.78, 5) is 11.6. The van der Waals surface area contributed by atoms with Gasteiger partial charge in [0.1, 0.15) is 5.69 Å². The first-order chi connectivity index (χ1) is 12.6. The molecule has 0 saturated heterocycles. The molecule has 0 spiro atoms. The zero-order valence-electron chi connectivity index (χ0n) is 14.0. The molecule has 0 bridgehead atoms. The Balaban J connectivity index is 1.82. The summed E-state index contributed by atoms with van der Waals surface area (Å²) in [5, 5.41) is 28.1. The van der Waals surface area contributed by atoms with Crippen molar-refractivity contribution < 1.29 is 9.90 Å². The number of aromatic carboxylic acids is 1. The number of nitrogens with one attached hydrogen (secondary N) is 1. The Kier molecular flexibility index (Phi) is 3.72. The van der Waals surface area contributed by atoms with Crippen LogP contribution < -0.4 is 0 Å². The Morgan fingerprint density at radius 3 is 2.69 bits per heavy atom. The minimum atomic E-state index is -1.14. The van der Waals surface area contributed by atoms with Crippen molar-refractivity contribution in [3.63, 3.8) is 0 Å². The highest BCUT2D eigenvalue weighted by Crippen LogP contribution is 2.41. The van der Waals surface area contributed by atoms with Crippen molar-refractivity contribution in [3.05, 3.63) is 77.4 Å². The molecule has 8 nitrogen and oxygen atoms in total. The van der Waals surface area contributed by atoms with Crippen LogP contribution in [0.25, 0.3) is 5.57 Å². The van der Waals surface area contributed by atoms with Gasteiger partial charge in [0.15, 0.2) is 5.69 Å². The lowest BCUT2D eigenvalue weighted by molar-refractivity contribution is 0.0688. The molecule has 1 unspecified atom stereocenters. The minimum Gasteiger partial charge on any atom is -0.476 e. The van der Waals surface area contributed by atoms with Crippen LogP contribution in [0.5, 0.6) is 0 Å². The number of carbonyl (C=O) groups is 1. The van der Waals surface area contributed by atoms with E-state index in [9.17, 15) is 9.90 Å². The van der Waals surface area contributed by atoms with E-state index in [1.165, 1.54) is 0 Å². The zero-order valence-corrected chi connectivity index (χ0v) is 14.0. The van der Waals surface area contributed by atoms with Crippen LogP contribution in [0.1, 0.15) is 33.9 Å². The van der Waals surface area contributed by atoms with E-state index >= 15 is 0 Å². The van der Waals surface area contributed by atoms with E-state index in [-0.39, 0.29) is 5.69 Å². The Labute approximate surface area is 148 Å². The van der Waals surface area contributed by atoms with Gasteiger partial charge in [0.25, 0.3) is 0 Å². The number of allylic oxidation sites excluding steroid dienone is 4. The number of nitrogens with zero attached hydrogens (tertiary/aromatic N) is 5. The molecule has 8 heteroatoms. The van der Waals surface area contributed by atoms with Crippen molar-refractivity contribution in [1.29, 1.82) is 0 Å². The summed E-state index contributed by atoms with van der Waals surface area (Å²) in [7, 11) is 1.77. The number of hydrogen-bond donors (Lipinski definition) is 2. The topological polar surface area (TPSA) is 110 Å². The summed E-state index contributed by atoms with van der Waals surface area (Å²) < 4.78 is 1.59. The molecule has 0 saturated carbocycles. The Hall–Kier alpha value is -3.55. The Morgan fingerprint density at radius 1 is 1.27 bits per heavy atom. The number of benzene rings is 1. The molecule has 2 N–H and O–H groups in total. The van der Waals surface area contributed by atoms with Crippen molar-refractivity contribution in [3.8, 4) is 0 Å². The number of carboxylic acid groups (broad SMARTS) is 1. The first-order valence-corrected chi connectivity index (χ1v) is 8.06. The van der Waals surface area contributed by atoms with Gasteiger partial charge in [0, 0.05) is 13.2 Å². The molecular weight excluding hydrogens is 332 g/mol. The van der Waals surface area contributed by atoms with Crippen LogP contribution in [0.3, 0.4) is 0 Å². The monoisotopic (exact) mass is 348 g/mol. The highest BCUT2D eigenvalue weighted by atomic mass is 16.4. The van der Waals surface area contributed by atoms with E-state index in [0.717, 1.165) is 11.1 Å². The molecule has 3 aromatic rings. The van der Waals surface area contributed by atoms with Gasteiger partial charge in [-0.1, -0.05) is 53.8 Å². The molecule has 0 amide bonds. The number of carboxylic acids is 1. The van der Waals surface area contributed by atoms with Gasteiger partial charge in [-0.2, -0.15) is 10.3 Å². The summed E-state index contributed by atoms with van der Waals surface area (Å²) in [6, 6.07) is 9.99. The summed E-state index contributed by atoms with van der Waals surface area (Å²) in [6.07, 6.45) is 8.23. The maximum Gasteiger partial charge on any atom is 0.358 e. The van der Waals surface area contributed by atoms with Crippen molar-refractivity contribution >= 4 is 11.5 Å². The number of aryl methyl sites for hydroxylation is 1. The third-order valence-electron chi connectivity index (χ3n) is 4.53. The van der Waals surface area contributed by atoms with Crippen LogP contribution in [0.4, 0.5) is 0 Å². The van der Waals surface area contributed by atoms with Gasteiger partial charge in [-0.15, -0.1) is 10.2 Å². The standard InChI is InChI=1S/C18H16N6O2/c1-24-11-14(19-23-24)18(16-15(17(25)26)20-22-21-16)9-7-13(8-10-18)12-5-3-2-4-6-12/h2-9,11H,10H2,1H3,(H,25,26)(H,20,21,22). The van der Waals surface area contributed by atoms with E-state index < -0.39 is 11.4 Å². The van der Waals surface area contributed by atoms with Crippen molar-refractivity contribution in [2.45, 2.75) is 11.8 Å². The minimum absolute atomic E-state index is 0.114. The first-order valence-electron chi connectivity index (χ1n) is 8.06. The van der Waals surface area contributed by atoms with E-state index in [4.69, 9.17) is 0 Å². The maximum atomic E-state index is 11.6. The summed E-state index contributed by atoms with van der Waals surface area (Å²) >= 11 is 0. The van der Waals surface area contributed by atoms with E-state index in [1.807, 2.05) is 42.5 Å². The molecule has 130 valence electrons. The molecule has 1 aliphatic rings. The van der Waals surface area contributed by atoms with Gasteiger partial charge in [-0.3, -0.25) is 4.68 Å². The fourth-order valence-corrected chi connectivity index (χ4v) is 3.21. The van der Waals surface area contributed by atoms with Gasteiger partial charge in [-0.05, 0) is 17.6 Å². The second kappa shape index (κ2) is 6.07. The lowest BCUT2D eigenvalue weighted by atomic mass is 9.73. The largest absolute Gasteiger partial charge is 0.476 e. The number of H-pyrrole nitrogens is 1. The van der Waals surface area contributed by atoms with E-state index in [2.05, 4.69) is 31.8 Å². The predicted octanol–water partition coefficient (Wildman–Crippen LogP) is 1.96. The Morgan fingerprint density at radius 2 is 2.08 bits per heavy atom. The molecule has 0 aliphatic heterocycles. The zero-order chi connectivity index (χ0) is 18.1. The molecule has 4 rings (SSSR count). The Bertz CT molecular complexity index is 1020. The fraction of sp³-hybridized carbons (Fsp3) is 0.167. The summed E-state index contributed by atoms with van der Waals surface area (Å²) in [6.45, 7) is 0. The molecule has 0 fully saturated rings. The highest BCUT2D eigenvalue weighted by Gasteiger charge is 2.41. The van der Waals surface area contributed by atoms with Gasteiger partial charge in [0.2, 0.25) is 0 Å². The predicted molar refractivity (Wildman–Crippen MR) is 93.3 cm³/mol. The molecular formula is C18H16N6O2. The lowest BCUT2D eigenvalue weighted by Crippen LogP contribution is -2.30. The fourth-order valence-electron chi connectivity index (χ4n) is 3.21. The molecule has 1 aromatic carbocycles. The third-order valence-corrected chi connectivity index (χ3v) is 4.53. The average molecular weight is 348 g/mol. The quantitative estimate of drug-likeness (QED) is 0.746. The number of rotatable bonds is 4. The summed E-state index contributed by atoms with van der Waals surface area (Å²) in [5.74, 6) is -1.14. The SMILES string of the molecule is Cn1cc(C2(c3n[nH]nc3C(=O)O)C=CC(c3ccccc3)=CC2)nn1. The number of aromatic amines is 1. The van der Waals surface area contributed by atoms with Crippen molar-refractivity contribution in [1.82, 2.24) is 30.4 Å². The molecule has 0 radical (unpaired) electrons.